The van der Waals surface area contributed by atoms with E-state index in [1.54, 1.807) is 24.4 Å². The Balaban J connectivity index is 1.29. The van der Waals surface area contributed by atoms with Gasteiger partial charge in [-0.2, -0.15) is 5.10 Å². The molecule has 1 aromatic carbocycles. The summed E-state index contributed by atoms with van der Waals surface area (Å²) in [5.74, 6) is -0.682. The lowest BCUT2D eigenvalue weighted by atomic mass is 9.99. The molecule has 1 atom stereocenters. The van der Waals surface area contributed by atoms with E-state index >= 15 is 0 Å². The minimum atomic E-state index is -0.401. The van der Waals surface area contributed by atoms with Gasteiger partial charge in [-0.3, -0.25) is 19.2 Å². The van der Waals surface area contributed by atoms with Crippen LogP contribution in [0.15, 0.2) is 36.7 Å². The van der Waals surface area contributed by atoms with Crippen molar-refractivity contribution in [2.75, 3.05) is 31.5 Å². The maximum atomic E-state index is 13.7. The van der Waals surface area contributed by atoms with Crippen LogP contribution >= 0.6 is 0 Å². The molecule has 0 bridgehead atoms. The van der Waals surface area contributed by atoms with Gasteiger partial charge in [-0.25, -0.2) is 4.39 Å². The molecule has 0 aliphatic carbocycles. The van der Waals surface area contributed by atoms with Gasteiger partial charge in [0.1, 0.15) is 12.4 Å². The van der Waals surface area contributed by atoms with Crippen LogP contribution in [0.4, 0.5) is 10.1 Å². The molecule has 1 aromatic heterocycles. The SMILES string of the molecule is O=C(Cc1ccccc1F)Nc1cnn(CC(=O)N2CCN3CCCCC3C2)c1. The summed E-state index contributed by atoms with van der Waals surface area (Å²) in [6.07, 6.45) is 6.73. The monoisotopic (exact) mass is 399 g/mol. The summed E-state index contributed by atoms with van der Waals surface area (Å²) in [4.78, 5) is 29.2. The van der Waals surface area contributed by atoms with E-state index in [0.29, 0.717) is 17.3 Å². The number of halogens is 1. The van der Waals surface area contributed by atoms with Crippen molar-refractivity contribution in [2.45, 2.75) is 38.3 Å². The van der Waals surface area contributed by atoms with Gasteiger partial charge in [-0.05, 0) is 31.0 Å². The maximum absolute atomic E-state index is 13.7. The number of hydrogen-bond acceptors (Lipinski definition) is 4. The number of fused-ring (bicyclic) bond motifs is 1. The topological polar surface area (TPSA) is 70.5 Å². The Labute approximate surface area is 169 Å². The maximum Gasteiger partial charge on any atom is 0.244 e. The van der Waals surface area contributed by atoms with Gasteiger partial charge in [-0.15, -0.1) is 0 Å². The van der Waals surface area contributed by atoms with Gasteiger partial charge in [0.2, 0.25) is 11.8 Å². The average Bonchev–Trinajstić information content (AvgIpc) is 3.15. The van der Waals surface area contributed by atoms with E-state index in [2.05, 4.69) is 15.3 Å². The number of aromatic nitrogens is 2. The van der Waals surface area contributed by atoms with Crippen LogP contribution in [0.1, 0.15) is 24.8 Å². The molecule has 0 spiro atoms. The molecule has 154 valence electrons. The zero-order chi connectivity index (χ0) is 20.2. The number of piperazine rings is 1. The molecule has 2 saturated heterocycles. The van der Waals surface area contributed by atoms with Gasteiger partial charge < -0.3 is 10.2 Å². The molecule has 1 N–H and O–H groups in total. The van der Waals surface area contributed by atoms with Crippen LogP contribution in [0.2, 0.25) is 0 Å². The van der Waals surface area contributed by atoms with Crippen molar-refractivity contribution in [3.8, 4) is 0 Å². The summed E-state index contributed by atoms with van der Waals surface area (Å²) in [6.45, 7) is 3.76. The fraction of sp³-hybridized carbons (Fsp3) is 0.476. The molecule has 1 unspecified atom stereocenters. The Morgan fingerprint density at radius 2 is 2.03 bits per heavy atom. The molecule has 2 aromatic rings. The first-order valence-electron chi connectivity index (χ1n) is 10.2. The second-order valence-electron chi connectivity index (χ2n) is 7.77. The number of carbonyl (C=O) groups is 2. The molecule has 2 fully saturated rings. The number of nitrogens with one attached hydrogen (secondary N) is 1. The van der Waals surface area contributed by atoms with Crippen molar-refractivity contribution >= 4 is 17.5 Å². The van der Waals surface area contributed by atoms with E-state index < -0.39 is 5.82 Å². The Bertz CT molecular complexity index is 883. The number of piperidine rings is 1. The van der Waals surface area contributed by atoms with Crippen LogP contribution in [0, 0.1) is 5.82 Å². The van der Waals surface area contributed by atoms with Crippen LogP contribution < -0.4 is 5.32 Å². The third kappa shape index (κ3) is 4.82. The number of nitrogens with zero attached hydrogens (tertiary/aromatic N) is 4. The van der Waals surface area contributed by atoms with Gasteiger partial charge in [0.25, 0.3) is 0 Å². The van der Waals surface area contributed by atoms with Crippen molar-refractivity contribution < 1.29 is 14.0 Å². The summed E-state index contributed by atoms with van der Waals surface area (Å²) in [5.41, 5.74) is 0.839. The summed E-state index contributed by atoms with van der Waals surface area (Å²) in [6, 6.07) is 6.68. The standard InChI is InChI=1S/C21H26FN5O2/c22-19-7-2-1-5-16(19)11-20(28)24-17-12-23-27(13-17)15-21(29)26-10-9-25-8-4-3-6-18(25)14-26/h1-2,5,7,12-13,18H,3-4,6,8-11,14-15H2,(H,24,28). The highest BCUT2D eigenvalue weighted by atomic mass is 19.1. The molecular weight excluding hydrogens is 373 g/mol. The predicted molar refractivity (Wildman–Crippen MR) is 107 cm³/mol. The van der Waals surface area contributed by atoms with E-state index in [-0.39, 0.29) is 24.8 Å². The Morgan fingerprint density at radius 3 is 2.90 bits per heavy atom. The van der Waals surface area contributed by atoms with Crippen LogP contribution in [0.25, 0.3) is 0 Å². The first-order chi connectivity index (χ1) is 14.1. The highest BCUT2D eigenvalue weighted by Crippen LogP contribution is 2.21. The molecule has 0 radical (unpaired) electrons. The van der Waals surface area contributed by atoms with Crippen LogP contribution in [0.5, 0.6) is 0 Å². The lowest BCUT2D eigenvalue weighted by molar-refractivity contribution is -0.135. The average molecular weight is 399 g/mol. The molecule has 2 aliphatic rings. The summed E-state index contributed by atoms with van der Waals surface area (Å²) in [5, 5.41) is 6.89. The van der Waals surface area contributed by atoms with Crippen molar-refractivity contribution in [1.82, 2.24) is 19.6 Å². The largest absolute Gasteiger partial charge is 0.338 e. The second kappa shape index (κ2) is 8.73. The number of carbonyl (C=O) groups excluding carboxylic acids is 2. The van der Waals surface area contributed by atoms with Gasteiger partial charge >= 0.3 is 0 Å². The molecule has 29 heavy (non-hydrogen) atoms. The summed E-state index contributed by atoms with van der Waals surface area (Å²) >= 11 is 0. The number of hydrogen-bond donors (Lipinski definition) is 1. The molecular formula is C21H26FN5O2. The Hall–Kier alpha value is -2.74. The molecule has 2 aliphatic heterocycles. The lowest BCUT2D eigenvalue weighted by Crippen LogP contribution is -2.56. The summed E-state index contributed by atoms with van der Waals surface area (Å²) in [7, 11) is 0. The molecule has 7 nitrogen and oxygen atoms in total. The quantitative estimate of drug-likeness (QED) is 0.834. The highest BCUT2D eigenvalue weighted by Gasteiger charge is 2.31. The molecule has 0 saturated carbocycles. The van der Waals surface area contributed by atoms with Gasteiger partial charge in [0.15, 0.2) is 0 Å². The predicted octanol–water partition coefficient (Wildman–Crippen LogP) is 1.90. The van der Waals surface area contributed by atoms with Gasteiger partial charge in [0.05, 0.1) is 18.3 Å². The van der Waals surface area contributed by atoms with Crippen molar-refractivity contribution in [3.63, 3.8) is 0 Å². The third-order valence-electron chi connectivity index (χ3n) is 5.71. The van der Waals surface area contributed by atoms with Gasteiger partial charge in [0, 0.05) is 31.9 Å². The fourth-order valence-electron chi connectivity index (χ4n) is 4.16. The van der Waals surface area contributed by atoms with E-state index in [1.165, 1.54) is 29.8 Å². The highest BCUT2D eigenvalue weighted by molar-refractivity contribution is 5.92. The Morgan fingerprint density at radius 1 is 1.17 bits per heavy atom. The number of rotatable bonds is 5. The number of benzene rings is 1. The fourth-order valence-corrected chi connectivity index (χ4v) is 4.16. The van der Waals surface area contributed by atoms with E-state index in [9.17, 15) is 14.0 Å². The zero-order valence-electron chi connectivity index (χ0n) is 16.4. The second-order valence-corrected chi connectivity index (χ2v) is 7.77. The smallest absolute Gasteiger partial charge is 0.244 e. The minimum absolute atomic E-state index is 0.0440. The minimum Gasteiger partial charge on any atom is -0.338 e. The van der Waals surface area contributed by atoms with E-state index in [0.717, 1.165) is 32.6 Å². The lowest BCUT2D eigenvalue weighted by Gasteiger charge is -2.44. The number of amides is 2. The molecule has 4 rings (SSSR count). The van der Waals surface area contributed by atoms with Crippen molar-refractivity contribution in [1.29, 1.82) is 0 Å². The van der Waals surface area contributed by atoms with Crippen LogP contribution in [-0.4, -0.2) is 63.6 Å². The summed E-state index contributed by atoms with van der Waals surface area (Å²) < 4.78 is 15.2. The van der Waals surface area contributed by atoms with Crippen molar-refractivity contribution in [2.24, 2.45) is 0 Å². The third-order valence-corrected chi connectivity index (χ3v) is 5.71. The van der Waals surface area contributed by atoms with E-state index in [1.807, 2.05) is 4.90 Å². The number of anilines is 1. The van der Waals surface area contributed by atoms with Crippen LogP contribution in [0.3, 0.4) is 0 Å². The normalized spacial score (nSPS) is 19.6. The van der Waals surface area contributed by atoms with Gasteiger partial charge in [-0.1, -0.05) is 24.6 Å². The van der Waals surface area contributed by atoms with Crippen LogP contribution in [-0.2, 0) is 22.6 Å². The first-order valence-corrected chi connectivity index (χ1v) is 10.2. The molecule has 8 heteroatoms. The van der Waals surface area contributed by atoms with E-state index in [4.69, 9.17) is 0 Å². The van der Waals surface area contributed by atoms with Crippen molar-refractivity contribution in [3.05, 3.63) is 48.0 Å². The Kier molecular flexibility index (Phi) is 5.89. The first kappa shape index (κ1) is 19.6. The molecule has 3 heterocycles. The molecule has 2 amide bonds. The zero-order valence-corrected chi connectivity index (χ0v) is 16.4.